The summed E-state index contributed by atoms with van der Waals surface area (Å²) in [7, 11) is 0. The second-order valence-electron chi connectivity index (χ2n) is 6.79. The molecule has 5 rings (SSSR count). The van der Waals surface area contributed by atoms with E-state index in [4.69, 9.17) is 21.8 Å². The minimum atomic E-state index is -0.658. The predicted molar refractivity (Wildman–Crippen MR) is 116 cm³/mol. The summed E-state index contributed by atoms with van der Waals surface area (Å²) in [5, 5.41) is 21.3. The largest absolute Gasteiger partial charge is 0.460 e. The van der Waals surface area contributed by atoms with Crippen molar-refractivity contribution in [3.8, 4) is 23.5 Å². The average molecular weight is 429 g/mol. The third-order valence-electron chi connectivity index (χ3n) is 5.12. The number of halogens is 1. The number of benzene rings is 2. The lowest BCUT2D eigenvalue weighted by Crippen LogP contribution is -2.32. The van der Waals surface area contributed by atoms with E-state index in [1.807, 2.05) is 42.5 Å². The molecule has 1 unspecified atom stereocenters. The molecule has 30 heavy (non-hydrogen) atoms. The van der Waals surface area contributed by atoms with Crippen LogP contribution in [-0.2, 0) is 0 Å². The Morgan fingerprint density at radius 2 is 1.70 bits per heavy atom. The normalized spacial score (nSPS) is 17.4. The van der Waals surface area contributed by atoms with Crippen molar-refractivity contribution in [3.05, 3.63) is 93.4 Å². The lowest BCUT2D eigenvalue weighted by molar-refractivity contribution is 0.513. The molecule has 144 valence electrons. The highest BCUT2D eigenvalue weighted by molar-refractivity contribution is 8.03. The topological polar surface area (TPSA) is 90.0 Å². The number of hydrogen-bond donors (Lipinski definition) is 1. The summed E-state index contributed by atoms with van der Waals surface area (Å²) in [6, 6.07) is 23.1. The fourth-order valence-electron chi connectivity index (χ4n) is 3.73. The molecule has 0 fully saturated rings. The zero-order chi connectivity index (χ0) is 20.8. The maximum absolute atomic E-state index is 10.0. The summed E-state index contributed by atoms with van der Waals surface area (Å²) in [5.41, 5.74) is 8.90. The number of fused-ring (bicyclic) bond motifs is 3. The second-order valence-corrected chi connectivity index (χ2v) is 8.26. The van der Waals surface area contributed by atoms with Crippen molar-refractivity contribution in [3.63, 3.8) is 0 Å². The van der Waals surface area contributed by atoms with Gasteiger partial charge in [-0.3, -0.25) is 4.90 Å². The Morgan fingerprint density at radius 1 is 0.967 bits per heavy atom. The first-order valence-corrected chi connectivity index (χ1v) is 10.3. The molecule has 2 aliphatic heterocycles. The highest BCUT2D eigenvalue weighted by Crippen LogP contribution is 2.54. The SMILES string of the molecule is N#CC1=C(N)N2C(=C(C#N)C1c1ccc(-c3ccc(Cl)cc3)o1)Sc1ccccc12. The monoisotopic (exact) mass is 428 g/mol. The molecule has 0 saturated heterocycles. The lowest BCUT2D eigenvalue weighted by Gasteiger charge is -2.30. The molecule has 0 saturated carbocycles. The molecule has 1 atom stereocenters. The summed E-state index contributed by atoms with van der Waals surface area (Å²) >= 11 is 7.45. The van der Waals surface area contributed by atoms with E-state index in [2.05, 4.69) is 12.1 Å². The smallest absolute Gasteiger partial charge is 0.134 e. The van der Waals surface area contributed by atoms with Crippen molar-refractivity contribution in [2.75, 3.05) is 4.90 Å². The molecule has 0 bridgehead atoms. The van der Waals surface area contributed by atoms with Crippen molar-refractivity contribution >= 4 is 29.1 Å². The molecule has 0 spiro atoms. The number of rotatable bonds is 2. The van der Waals surface area contributed by atoms with E-state index in [1.165, 1.54) is 11.8 Å². The van der Waals surface area contributed by atoms with Crippen molar-refractivity contribution < 1.29 is 4.42 Å². The number of furan rings is 1. The maximum atomic E-state index is 10.0. The molecule has 2 aromatic carbocycles. The van der Waals surface area contributed by atoms with Gasteiger partial charge < -0.3 is 10.2 Å². The molecule has 2 aliphatic rings. The molecule has 7 heteroatoms. The van der Waals surface area contributed by atoms with Gasteiger partial charge in [-0.1, -0.05) is 35.5 Å². The third kappa shape index (κ3) is 2.70. The number of anilines is 1. The summed E-state index contributed by atoms with van der Waals surface area (Å²) < 4.78 is 6.09. The van der Waals surface area contributed by atoms with Crippen LogP contribution < -0.4 is 10.6 Å². The standard InChI is InChI=1S/C23H13ClN4OS/c24-14-7-5-13(6-8-14)18-9-10-19(29-18)21-15(11-25)22(27)28-17-3-1-2-4-20(17)30-23(28)16(21)12-26/h1-10,21H,27H2. The van der Waals surface area contributed by atoms with Crippen molar-refractivity contribution in [1.82, 2.24) is 0 Å². The van der Waals surface area contributed by atoms with E-state index in [0.717, 1.165) is 16.1 Å². The zero-order valence-electron chi connectivity index (χ0n) is 15.5. The first-order chi connectivity index (χ1) is 14.6. The predicted octanol–water partition coefficient (Wildman–Crippen LogP) is 5.74. The van der Waals surface area contributed by atoms with Crippen LogP contribution in [0.15, 0.2) is 92.0 Å². The molecule has 5 nitrogen and oxygen atoms in total. The number of hydrogen-bond acceptors (Lipinski definition) is 6. The summed E-state index contributed by atoms with van der Waals surface area (Å²) in [5.74, 6) is 0.789. The Hall–Kier alpha value is -3.58. The van der Waals surface area contributed by atoms with Crippen LogP contribution in [0.4, 0.5) is 5.69 Å². The number of nitrogens with zero attached hydrogens (tertiary/aromatic N) is 3. The van der Waals surface area contributed by atoms with Crippen LogP contribution >= 0.6 is 23.4 Å². The molecule has 0 amide bonds. The Labute approximate surface area is 182 Å². The molecule has 1 aromatic heterocycles. The van der Waals surface area contributed by atoms with Crippen LogP contribution in [-0.4, -0.2) is 0 Å². The van der Waals surface area contributed by atoms with Crippen LogP contribution in [0, 0.1) is 22.7 Å². The number of thioether (sulfide) groups is 1. The van der Waals surface area contributed by atoms with Gasteiger partial charge in [-0.05, 0) is 48.5 Å². The fourth-order valence-corrected chi connectivity index (χ4v) is 5.04. The van der Waals surface area contributed by atoms with Crippen molar-refractivity contribution in [1.29, 1.82) is 10.5 Å². The van der Waals surface area contributed by atoms with Gasteiger partial charge in [0.1, 0.15) is 22.4 Å². The summed E-state index contributed by atoms with van der Waals surface area (Å²) in [6.07, 6.45) is 0. The Bertz CT molecular complexity index is 1320. The van der Waals surface area contributed by atoms with E-state index in [-0.39, 0.29) is 0 Å². The van der Waals surface area contributed by atoms with Gasteiger partial charge in [-0.15, -0.1) is 0 Å². The first kappa shape index (κ1) is 18.4. The molecule has 3 aromatic rings. The zero-order valence-corrected chi connectivity index (χ0v) is 17.0. The third-order valence-corrected chi connectivity index (χ3v) is 6.53. The van der Waals surface area contributed by atoms with Crippen molar-refractivity contribution in [2.45, 2.75) is 10.8 Å². The molecule has 2 N–H and O–H groups in total. The van der Waals surface area contributed by atoms with E-state index in [0.29, 0.717) is 38.5 Å². The van der Waals surface area contributed by atoms with Gasteiger partial charge in [0, 0.05) is 15.5 Å². The van der Waals surface area contributed by atoms with Gasteiger partial charge >= 0.3 is 0 Å². The van der Waals surface area contributed by atoms with Crippen LogP contribution in [0.1, 0.15) is 11.7 Å². The molecular formula is C23H13ClN4OS. The Kier molecular flexibility index (Phi) is 4.33. The quantitative estimate of drug-likeness (QED) is 0.559. The van der Waals surface area contributed by atoms with E-state index >= 15 is 0 Å². The number of allylic oxidation sites excluding steroid dienone is 2. The fraction of sp³-hybridized carbons (Fsp3) is 0.0435. The molecule has 0 aliphatic carbocycles. The first-order valence-electron chi connectivity index (χ1n) is 9.09. The van der Waals surface area contributed by atoms with Crippen LogP contribution in [0.2, 0.25) is 5.02 Å². The van der Waals surface area contributed by atoms with Crippen LogP contribution in [0.5, 0.6) is 0 Å². The van der Waals surface area contributed by atoms with E-state index in [9.17, 15) is 10.5 Å². The average Bonchev–Trinajstić information content (AvgIpc) is 3.39. The van der Waals surface area contributed by atoms with Gasteiger partial charge in [0.15, 0.2) is 0 Å². The lowest BCUT2D eigenvalue weighted by atomic mass is 9.87. The molecule has 0 radical (unpaired) electrons. The second kappa shape index (κ2) is 7.03. The maximum Gasteiger partial charge on any atom is 0.134 e. The summed E-state index contributed by atoms with van der Waals surface area (Å²) in [6.45, 7) is 0. The van der Waals surface area contributed by atoms with Crippen LogP contribution in [0.25, 0.3) is 11.3 Å². The number of para-hydroxylation sites is 1. The minimum absolute atomic E-state index is 0.296. The van der Waals surface area contributed by atoms with Crippen molar-refractivity contribution in [2.24, 2.45) is 5.73 Å². The van der Waals surface area contributed by atoms with Gasteiger partial charge in [-0.25, -0.2) is 0 Å². The summed E-state index contributed by atoms with van der Waals surface area (Å²) in [4.78, 5) is 2.78. The van der Waals surface area contributed by atoms with Gasteiger partial charge in [-0.2, -0.15) is 10.5 Å². The number of nitriles is 2. The van der Waals surface area contributed by atoms with E-state index < -0.39 is 5.92 Å². The number of nitrogens with two attached hydrogens (primary N) is 1. The van der Waals surface area contributed by atoms with Gasteiger partial charge in [0.05, 0.1) is 34.9 Å². The van der Waals surface area contributed by atoms with Gasteiger partial charge in [0.25, 0.3) is 0 Å². The molecule has 3 heterocycles. The Balaban J connectivity index is 1.65. The van der Waals surface area contributed by atoms with Crippen LogP contribution in [0.3, 0.4) is 0 Å². The highest BCUT2D eigenvalue weighted by Gasteiger charge is 2.41. The Morgan fingerprint density at radius 3 is 2.43 bits per heavy atom. The minimum Gasteiger partial charge on any atom is -0.460 e. The highest BCUT2D eigenvalue weighted by atomic mass is 35.5. The van der Waals surface area contributed by atoms with E-state index in [1.54, 1.807) is 23.1 Å². The molecular weight excluding hydrogens is 416 g/mol. The van der Waals surface area contributed by atoms with Gasteiger partial charge in [0.2, 0.25) is 0 Å².